The van der Waals surface area contributed by atoms with Crippen molar-refractivity contribution in [2.24, 2.45) is 0 Å². The molecule has 0 bridgehead atoms. The third-order valence-corrected chi connectivity index (χ3v) is 4.54. The lowest BCUT2D eigenvalue weighted by atomic mass is 9.99. The third-order valence-electron chi connectivity index (χ3n) is 4.40. The second-order valence-electron chi connectivity index (χ2n) is 6.15. The maximum absolute atomic E-state index is 12.2. The van der Waals surface area contributed by atoms with Crippen LogP contribution in [0.15, 0.2) is 18.2 Å². The van der Waals surface area contributed by atoms with E-state index < -0.39 is 0 Å². The molecule has 0 aromatic heterocycles. The molecule has 0 saturated carbocycles. The predicted molar refractivity (Wildman–Crippen MR) is 96.9 cm³/mol. The Morgan fingerprint density at radius 2 is 2.24 bits per heavy atom. The van der Waals surface area contributed by atoms with E-state index >= 15 is 0 Å². The SMILES string of the molecule is COC(=O)N1CCc2cc(N3C[C@@H](CNC(C)=S)OC3=O)ccc2C1. The number of carbonyl (C=O) groups is 2. The summed E-state index contributed by atoms with van der Waals surface area (Å²) in [5.74, 6) is 0. The highest BCUT2D eigenvalue weighted by Gasteiger charge is 2.33. The molecule has 1 aromatic rings. The number of nitrogens with zero attached hydrogens (tertiary/aromatic N) is 2. The van der Waals surface area contributed by atoms with Gasteiger partial charge in [0.15, 0.2) is 0 Å². The quantitative estimate of drug-likeness (QED) is 0.829. The van der Waals surface area contributed by atoms with Crippen molar-refractivity contribution in [2.45, 2.75) is 26.0 Å². The van der Waals surface area contributed by atoms with Crippen LogP contribution < -0.4 is 10.2 Å². The van der Waals surface area contributed by atoms with E-state index in [9.17, 15) is 9.59 Å². The van der Waals surface area contributed by atoms with Gasteiger partial charge < -0.3 is 19.7 Å². The highest BCUT2D eigenvalue weighted by atomic mass is 32.1. The number of rotatable bonds is 3. The molecule has 134 valence electrons. The molecule has 2 aliphatic rings. The van der Waals surface area contributed by atoms with Gasteiger partial charge in [0.1, 0.15) is 6.10 Å². The minimum atomic E-state index is -0.347. The van der Waals surface area contributed by atoms with E-state index in [1.54, 1.807) is 16.7 Å². The molecule has 7 nitrogen and oxygen atoms in total. The van der Waals surface area contributed by atoms with E-state index in [1.807, 2.05) is 18.2 Å². The summed E-state index contributed by atoms with van der Waals surface area (Å²) in [5, 5.41) is 3.03. The first kappa shape index (κ1) is 17.5. The molecule has 1 aromatic carbocycles. The summed E-state index contributed by atoms with van der Waals surface area (Å²) in [4.78, 5) is 27.8. The molecule has 8 heteroatoms. The van der Waals surface area contributed by atoms with E-state index in [2.05, 4.69) is 5.32 Å². The molecule has 1 saturated heterocycles. The van der Waals surface area contributed by atoms with Crippen LogP contribution >= 0.6 is 12.2 Å². The number of thiocarbonyl (C=S) groups is 1. The summed E-state index contributed by atoms with van der Waals surface area (Å²) in [7, 11) is 1.39. The molecular weight excluding hydrogens is 342 g/mol. The van der Waals surface area contributed by atoms with Crippen LogP contribution in [0, 0.1) is 0 Å². The number of hydrogen-bond donors (Lipinski definition) is 1. The molecule has 1 fully saturated rings. The van der Waals surface area contributed by atoms with Gasteiger partial charge in [-0.25, -0.2) is 9.59 Å². The van der Waals surface area contributed by atoms with Gasteiger partial charge in [0, 0.05) is 18.8 Å². The number of nitrogens with one attached hydrogen (secondary N) is 1. The molecular formula is C17H21N3O4S. The number of carbonyl (C=O) groups excluding carboxylic acids is 2. The van der Waals surface area contributed by atoms with E-state index in [4.69, 9.17) is 21.7 Å². The molecule has 3 rings (SSSR count). The Labute approximate surface area is 151 Å². The number of methoxy groups -OCH3 is 1. The number of benzene rings is 1. The molecule has 1 N–H and O–H groups in total. The smallest absolute Gasteiger partial charge is 0.414 e. The fourth-order valence-corrected chi connectivity index (χ4v) is 3.17. The zero-order chi connectivity index (χ0) is 18.0. The minimum absolute atomic E-state index is 0.226. The average molecular weight is 363 g/mol. The van der Waals surface area contributed by atoms with Crippen LogP contribution in [0.25, 0.3) is 0 Å². The van der Waals surface area contributed by atoms with Gasteiger partial charge in [-0.05, 0) is 36.6 Å². The number of hydrogen-bond acceptors (Lipinski definition) is 5. The Hall–Kier alpha value is -2.35. The lowest BCUT2D eigenvalue weighted by Gasteiger charge is -2.28. The number of fused-ring (bicyclic) bond motifs is 1. The molecule has 0 radical (unpaired) electrons. The Morgan fingerprint density at radius 3 is 2.96 bits per heavy atom. The van der Waals surface area contributed by atoms with Crippen molar-refractivity contribution >= 4 is 35.1 Å². The van der Waals surface area contributed by atoms with Crippen LogP contribution in [0.4, 0.5) is 15.3 Å². The Kier molecular flexibility index (Phi) is 5.08. The van der Waals surface area contributed by atoms with Crippen LogP contribution in [-0.2, 0) is 22.4 Å². The highest BCUT2D eigenvalue weighted by Crippen LogP contribution is 2.27. The second-order valence-corrected chi connectivity index (χ2v) is 6.76. The lowest BCUT2D eigenvalue weighted by molar-refractivity contribution is 0.118. The lowest BCUT2D eigenvalue weighted by Crippen LogP contribution is -2.36. The van der Waals surface area contributed by atoms with E-state index in [0.717, 1.165) is 23.2 Å². The van der Waals surface area contributed by atoms with Gasteiger partial charge >= 0.3 is 12.2 Å². The maximum Gasteiger partial charge on any atom is 0.414 e. The van der Waals surface area contributed by atoms with Crippen LogP contribution in [0.5, 0.6) is 0 Å². The molecule has 0 aliphatic carbocycles. The topological polar surface area (TPSA) is 71.1 Å². The molecule has 2 aliphatic heterocycles. The number of ether oxygens (including phenoxy) is 2. The monoisotopic (exact) mass is 363 g/mol. The van der Waals surface area contributed by atoms with E-state index in [-0.39, 0.29) is 18.3 Å². The molecule has 2 heterocycles. The summed E-state index contributed by atoms with van der Waals surface area (Å²) >= 11 is 4.98. The maximum atomic E-state index is 12.2. The largest absolute Gasteiger partial charge is 0.453 e. The Morgan fingerprint density at radius 1 is 1.44 bits per heavy atom. The van der Waals surface area contributed by atoms with E-state index in [0.29, 0.717) is 31.2 Å². The summed E-state index contributed by atoms with van der Waals surface area (Å²) in [5.41, 5.74) is 3.03. The zero-order valence-electron chi connectivity index (χ0n) is 14.3. The first-order chi connectivity index (χ1) is 12.0. The van der Waals surface area contributed by atoms with Crippen molar-refractivity contribution in [3.63, 3.8) is 0 Å². The fourth-order valence-electron chi connectivity index (χ4n) is 3.09. The highest BCUT2D eigenvalue weighted by molar-refractivity contribution is 7.80. The van der Waals surface area contributed by atoms with Crippen LogP contribution in [0.1, 0.15) is 18.1 Å². The first-order valence-electron chi connectivity index (χ1n) is 8.15. The van der Waals surface area contributed by atoms with Crippen molar-refractivity contribution in [3.05, 3.63) is 29.3 Å². The number of amides is 2. The van der Waals surface area contributed by atoms with Gasteiger partial charge in [-0.15, -0.1) is 0 Å². The molecule has 0 spiro atoms. The van der Waals surface area contributed by atoms with Gasteiger partial charge in [0.05, 0.1) is 25.2 Å². The van der Waals surface area contributed by atoms with Crippen LogP contribution in [0.3, 0.4) is 0 Å². The zero-order valence-corrected chi connectivity index (χ0v) is 15.1. The Balaban J connectivity index is 1.69. The van der Waals surface area contributed by atoms with Gasteiger partial charge in [0.2, 0.25) is 0 Å². The number of cyclic esters (lactones) is 1. The summed E-state index contributed by atoms with van der Waals surface area (Å²) in [6.07, 6.45) is -0.157. The van der Waals surface area contributed by atoms with Crippen molar-refractivity contribution in [1.82, 2.24) is 10.2 Å². The third kappa shape index (κ3) is 3.84. The summed E-state index contributed by atoms with van der Waals surface area (Å²) < 4.78 is 10.2. The molecule has 25 heavy (non-hydrogen) atoms. The normalized spacial score (nSPS) is 19.3. The van der Waals surface area contributed by atoms with Crippen molar-refractivity contribution in [3.8, 4) is 0 Å². The van der Waals surface area contributed by atoms with Gasteiger partial charge in [0.25, 0.3) is 0 Å². The molecule has 2 amide bonds. The average Bonchev–Trinajstić information content (AvgIpc) is 2.99. The number of anilines is 1. The molecule has 1 atom stereocenters. The second kappa shape index (κ2) is 7.26. The minimum Gasteiger partial charge on any atom is -0.453 e. The van der Waals surface area contributed by atoms with Crippen LogP contribution in [0.2, 0.25) is 0 Å². The van der Waals surface area contributed by atoms with Gasteiger partial charge in [-0.3, -0.25) is 4.90 Å². The van der Waals surface area contributed by atoms with Gasteiger partial charge in [-0.1, -0.05) is 18.3 Å². The van der Waals surface area contributed by atoms with Crippen molar-refractivity contribution in [1.29, 1.82) is 0 Å². The van der Waals surface area contributed by atoms with Gasteiger partial charge in [-0.2, -0.15) is 0 Å². The molecule has 0 unspecified atom stereocenters. The van der Waals surface area contributed by atoms with Crippen molar-refractivity contribution < 1.29 is 19.1 Å². The van der Waals surface area contributed by atoms with Crippen molar-refractivity contribution in [2.75, 3.05) is 31.6 Å². The summed E-state index contributed by atoms with van der Waals surface area (Å²) in [6.45, 7) is 3.92. The fraction of sp³-hybridized carbons (Fsp3) is 0.471. The van der Waals surface area contributed by atoms with Crippen LogP contribution in [-0.4, -0.2) is 54.9 Å². The predicted octanol–water partition coefficient (Wildman–Crippen LogP) is 2.07. The Bertz CT molecular complexity index is 709. The first-order valence-corrected chi connectivity index (χ1v) is 8.56. The van der Waals surface area contributed by atoms with E-state index in [1.165, 1.54) is 7.11 Å². The standard InChI is InChI=1S/C17H21N3O4S/c1-11(25)18-8-15-10-20(17(22)24-15)14-4-3-13-9-19(16(21)23-2)6-5-12(13)7-14/h3-4,7,15H,5-6,8-10H2,1-2H3,(H,18,25)/t15-/m1/s1. The summed E-state index contributed by atoms with van der Waals surface area (Å²) in [6, 6.07) is 5.85.